The van der Waals surface area contributed by atoms with Crippen molar-refractivity contribution in [2.24, 2.45) is 0 Å². The van der Waals surface area contributed by atoms with Crippen molar-refractivity contribution in [2.45, 2.75) is 29.2 Å². The molecular formula is C34H24N2O12S2. The first-order chi connectivity index (χ1) is 23.6. The molecule has 0 unspecified atom stereocenters. The maximum absolute atomic E-state index is 13.2. The topological polar surface area (TPSA) is 199 Å². The number of nitrogens with zero attached hydrogens (tertiary/aromatic N) is 2. The molecule has 1 aliphatic heterocycles. The third-order valence-electron chi connectivity index (χ3n) is 8.01. The van der Waals surface area contributed by atoms with E-state index < -0.39 is 41.7 Å². The first-order valence-corrected chi connectivity index (χ1v) is 17.4. The number of ether oxygens (including phenoxy) is 1. The van der Waals surface area contributed by atoms with E-state index >= 15 is 0 Å². The molecule has 6 rings (SSSR count). The molecule has 5 aromatic carbocycles. The van der Waals surface area contributed by atoms with Gasteiger partial charge in [-0.05, 0) is 79.6 Å². The van der Waals surface area contributed by atoms with E-state index in [0.717, 1.165) is 48.5 Å². The molecule has 1 aliphatic rings. The zero-order valence-corrected chi connectivity index (χ0v) is 27.6. The number of esters is 1. The Bertz CT molecular complexity index is 2290. The lowest BCUT2D eigenvalue weighted by molar-refractivity contribution is -0.385. The van der Waals surface area contributed by atoms with Crippen LogP contribution in [0.3, 0.4) is 0 Å². The maximum Gasteiger partial charge on any atom is 0.340 e. The molecule has 0 amide bonds. The van der Waals surface area contributed by atoms with Crippen molar-refractivity contribution >= 4 is 37.6 Å². The SMILES string of the molecule is Cc1cc(C2(c3ccc(OS(=O)(=O)c4ccc([N+](=O)[O-])cc4)c(C)c3)OC(=O)c3ccccc32)ccc1OS(=O)(=O)c1ccc([N+](=O)[O-])cc1. The number of nitro benzene ring substituents is 2. The number of benzene rings is 5. The summed E-state index contributed by atoms with van der Waals surface area (Å²) in [7, 11) is -8.77. The van der Waals surface area contributed by atoms with Crippen LogP contribution in [0.1, 0.15) is 38.2 Å². The Morgan fingerprint density at radius 1 is 0.620 bits per heavy atom. The minimum Gasteiger partial charge on any atom is -0.441 e. The fourth-order valence-electron chi connectivity index (χ4n) is 5.54. The molecule has 254 valence electrons. The average molecular weight is 717 g/mol. The van der Waals surface area contributed by atoms with Crippen LogP contribution in [0.4, 0.5) is 11.4 Å². The van der Waals surface area contributed by atoms with E-state index in [9.17, 15) is 41.9 Å². The van der Waals surface area contributed by atoms with Gasteiger partial charge in [0, 0.05) is 41.0 Å². The summed E-state index contributed by atoms with van der Waals surface area (Å²) < 4.78 is 69.0. The normalized spacial score (nSPS) is 13.6. The van der Waals surface area contributed by atoms with Crippen molar-refractivity contribution < 1.29 is 44.6 Å². The number of aryl methyl sites for hydroxylation is 2. The van der Waals surface area contributed by atoms with Gasteiger partial charge in [0.05, 0.1) is 15.4 Å². The summed E-state index contributed by atoms with van der Waals surface area (Å²) >= 11 is 0. The molecule has 50 heavy (non-hydrogen) atoms. The molecule has 5 aromatic rings. The second-order valence-corrected chi connectivity index (χ2v) is 14.2. The van der Waals surface area contributed by atoms with Gasteiger partial charge in [-0.15, -0.1) is 0 Å². The average Bonchev–Trinajstić information content (AvgIpc) is 3.39. The Labute approximate surface area is 285 Å². The van der Waals surface area contributed by atoms with Gasteiger partial charge < -0.3 is 13.1 Å². The smallest absolute Gasteiger partial charge is 0.340 e. The molecule has 0 fully saturated rings. The zero-order chi connectivity index (χ0) is 36.0. The van der Waals surface area contributed by atoms with Crippen LogP contribution in [0, 0.1) is 34.1 Å². The highest BCUT2D eigenvalue weighted by Crippen LogP contribution is 2.48. The number of fused-ring (bicyclic) bond motifs is 1. The predicted molar refractivity (Wildman–Crippen MR) is 176 cm³/mol. The minimum absolute atomic E-state index is 0.0451. The van der Waals surface area contributed by atoms with Crippen molar-refractivity contribution in [3.05, 3.63) is 163 Å². The summed E-state index contributed by atoms with van der Waals surface area (Å²) in [6.45, 7) is 3.18. The van der Waals surface area contributed by atoms with Gasteiger partial charge in [0.1, 0.15) is 21.3 Å². The van der Waals surface area contributed by atoms with E-state index in [1.807, 2.05) is 0 Å². The predicted octanol–water partition coefficient (Wildman–Crippen LogP) is 6.12. The van der Waals surface area contributed by atoms with Gasteiger partial charge in [-0.25, -0.2) is 4.79 Å². The molecule has 1 heterocycles. The quantitative estimate of drug-likeness (QED) is 0.0695. The standard InChI is InChI=1S/C34H24N2O12S2/c1-21-19-23(7-17-31(21)47-49(42,43)27-13-9-25(10-14-27)35(38)39)34(30-6-4-3-5-29(30)33(37)46-34)24-8-18-32(22(2)20-24)48-50(44,45)28-15-11-26(12-16-28)36(40)41/h3-20H,1-2H3. The van der Waals surface area contributed by atoms with E-state index in [1.54, 1.807) is 50.2 Å². The highest BCUT2D eigenvalue weighted by molar-refractivity contribution is 7.87. The summed E-state index contributed by atoms with van der Waals surface area (Å²) in [5, 5.41) is 22.0. The molecule has 16 heteroatoms. The molecule has 0 bridgehead atoms. The molecule has 0 atom stereocenters. The minimum atomic E-state index is -4.39. The highest BCUT2D eigenvalue weighted by atomic mass is 32.2. The van der Waals surface area contributed by atoms with Crippen LogP contribution in [-0.2, 0) is 30.6 Å². The van der Waals surface area contributed by atoms with Gasteiger partial charge in [0.2, 0.25) is 0 Å². The first kappa shape index (κ1) is 33.8. The Morgan fingerprint density at radius 3 is 1.44 bits per heavy atom. The van der Waals surface area contributed by atoms with Crippen molar-refractivity contribution in [3.63, 3.8) is 0 Å². The molecule has 0 aliphatic carbocycles. The summed E-state index contributed by atoms with van der Waals surface area (Å²) in [6, 6.07) is 24.2. The second-order valence-electron chi connectivity index (χ2n) is 11.2. The largest absolute Gasteiger partial charge is 0.441 e. The van der Waals surface area contributed by atoms with Crippen molar-refractivity contribution in [2.75, 3.05) is 0 Å². The Hall–Kier alpha value is -6.13. The van der Waals surface area contributed by atoms with Gasteiger partial charge >= 0.3 is 26.2 Å². The summed E-state index contributed by atoms with van der Waals surface area (Å²) in [5.74, 6) is -0.717. The number of carbonyl (C=O) groups excluding carboxylic acids is 1. The van der Waals surface area contributed by atoms with Crippen LogP contribution in [0.2, 0.25) is 0 Å². The molecular weight excluding hydrogens is 693 g/mol. The molecule has 0 saturated carbocycles. The fourth-order valence-corrected chi connectivity index (χ4v) is 7.52. The van der Waals surface area contributed by atoms with Crippen LogP contribution in [0.25, 0.3) is 0 Å². The maximum atomic E-state index is 13.2. The van der Waals surface area contributed by atoms with E-state index in [1.165, 1.54) is 24.3 Å². The monoisotopic (exact) mass is 716 g/mol. The number of cyclic esters (lactones) is 1. The van der Waals surface area contributed by atoms with E-state index in [-0.39, 0.29) is 38.2 Å². The highest BCUT2D eigenvalue weighted by Gasteiger charge is 2.49. The number of hydrogen-bond acceptors (Lipinski definition) is 12. The number of rotatable bonds is 10. The first-order valence-electron chi connectivity index (χ1n) is 14.6. The summed E-state index contributed by atoms with van der Waals surface area (Å²) in [5.41, 5.74) is 0.143. The van der Waals surface area contributed by atoms with Crippen LogP contribution in [0.15, 0.2) is 119 Å². The summed E-state index contributed by atoms with van der Waals surface area (Å²) in [6.07, 6.45) is 0. The van der Waals surface area contributed by atoms with Gasteiger partial charge in [-0.1, -0.05) is 30.3 Å². The van der Waals surface area contributed by atoms with Crippen LogP contribution >= 0.6 is 0 Å². The third-order valence-corrected chi connectivity index (χ3v) is 10.5. The molecule has 14 nitrogen and oxygen atoms in total. The van der Waals surface area contributed by atoms with E-state index in [2.05, 4.69) is 0 Å². The van der Waals surface area contributed by atoms with Crippen molar-refractivity contribution in [3.8, 4) is 11.5 Å². The van der Waals surface area contributed by atoms with Crippen molar-refractivity contribution in [1.29, 1.82) is 0 Å². The molecule has 0 N–H and O–H groups in total. The van der Waals surface area contributed by atoms with Crippen molar-refractivity contribution in [1.82, 2.24) is 0 Å². The lowest BCUT2D eigenvalue weighted by Crippen LogP contribution is -2.30. The van der Waals surface area contributed by atoms with Gasteiger partial charge in [0.25, 0.3) is 11.4 Å². The molecule has 0 spiro atoms. The zero-order valence-electron chi connectivity index (χ0n) is 26.0. The molecule has 0 aromatic heterocycles. The Balaban J connectivity index is 1.37. The van der Waals surface area contributed by atoms with Gasteiger partial charge in [-0.3, -0.25) is 20.2 Å². The van der Waals surface area contributed by atoms with Gasteiger partial charge in [0.15, 0.2) is 5.60 Å². The lowest BCUT2D eigenvalue weighted by atomic mass is 9.79. The number of non-ortho nitro benzene ring substituents is 2. The third kappa shape index (κ3) is 6.01. The van der Waals surface area contributed by atoms with Crippen LogP contribution < -0.4 is 8.37 Å². The van der Waals surface area contributed by atoms with Gasteiger partial charge in [-0.2, -0.15) is 16.8 Å². The summed E-state index contributed by atoms with van der Waals surface area (Å²) in [4.78, 5) is 33.3. The van der Waals surface area contributed by atoms with Crippen LogP contribution in [0.5, 0.6) is 11.5 Å². The van der Waals surface area contributed by atoms with Crippen LogP contribution in [-0.4, -0.2) is 32.7 Å². The molecule has 0 radical (unpaired) electrons. The lowest BCUT2D eigenvalue weighted by Gasteiger charge is -2.31. The number of nitro groups is 2. The molecule has 0 saturated heterocycles. The Morgan fingerprint density at radius 2 is 1.04 bits per heavy atom. The van der Waals surface area contributed by atoms with E-state index in [0.29, 0.717) is 27.8 Å². The number of hydrogen-bond donors (Lipinski definition) is 0. The Kier molecular flexibility index (Phi) is 8.37. The fraction of sp³-hybridized carbons (Fsp3) is 0.0882. The number of carbonyl (C=O) groups is 1. The van der Waals surface area contributed by atoms with E-state index in [4.69, 9.17) is 13.1 Å². The second kappa shape index (κ2) is 12.4.